The minimum absolute atomic E-state index is 0.0327. The van der Waals surface area contributed by atoms with Gasteiger partial charge in [0.05, 0.1) is 11.3 Å². The van der Waals surface area contributed by atoms with Gasteiger partial charge < -0.3 is 10.6 Å². The smallest absolute Gasteiger partial charge is 0.256 e. The second-order valence-electron chi connectivity index (χ2n) is 7.87. The van der Waals surface area contributed by atoms with E-state index in [-0.39, 0.29) is 11.8 Å². The molecule has 1 aliphatic carbocycles. The summed E-state index contributed by atoms with van der Waals surface area (Å²) < 4.78 is 0. The Morgan fingerprint density at radius 3 is 2.59 bits per heavy atom. The minimum Gasteiger partial charge on any atom is -0.355 e. The summed E-state index contributed by atoms with van der Waals surface area (Å²) >= 11 is 1.42. The number of hydrogen-bond donors (Lipinski definition) is 2. The Balaban J connectivity index is 1.57. The maximum atomic E-state index is 12.9. The zero-order chi connectivity index (χ0) is 20.6. The number of hydrogen-bond acceptors (Lipinski definition) is 3. The number of anilines is 1. The Morgan fingerprint density at radius 2 is 1.79 bits per heavy atom. The van der Waals surface area contributed by atoms with Crippen LogP contribution in [0.5, 0.6) is 0 Å². The third-order valence-electron chi connectivity index (χ3n) is 5.44. The summed E-state index contributed by atoms with van der Waals surface area (Å²) in [6.07, 6.45) is 6.31. The molecule has 0 radical (unpaired) electrons. The molecule has 1 aliphatic rings. The number of carbonyl (C=O) groups is 2. The van der Waals surface area contributed by atoms with E-state index in [0.717, 1.165) is 28.3 Å². The molecule has 1 saturated carbocycles. The molecule has 2 aromatic carbocycles. The number of aryl methyl sites for hydroxylation is 2. The molecule has 5 heteroatoms. The lowest BCUT2D eigenvalue weighted by Crippen LogP contribution is -2.31. The largest absolute Gasteiger partial charge is 0.355 e. The van der Waals surface area contributed by atoms with Gasteiger partial charge in [-0.2, -0.15) is 0 Å². The maximum Gasteiger partial charge on any atom is 0.256 e. The average Bonchev–Trinajstić information content (AvgIpc) is 2.74. The zero-order valence-electron chi connectivity index (χ0n) is 17.3. The maximum absolute atomic E-state index is 12.9. The van der Waals surface area contributed by atoms with Crippen molar-refractivity contribution in [1.29, 1.82) is 0 Å². The summed E-state index contributed by atoms with van der Waals surface area (Å²) in [4.78, 5) is 26.0. The number of rotatable bonds is 7. The summed E-state index contributed by atoms with van der Waals surface area (Å²) in [5, 5.41) is 6.08. The molecular formula is C24H30N2O2S. The number of nitrogens with one attached hydrogen (secondary N) is 2. The van der Waals surface area contributed by atoms with Crippen LogP contribution >= 0.6 is 11.8 Å². The second kappa shape index (κ2) is 10.5. The topological polar surface area (TPSA) is 58.2 Å². The first-order chi connectivity index (χ1) is 14.0. The third kappa shape index (κ3) is 6.36. The van der Waals surface area contributed by atoms with Crippen molar-refractivity contribution in [3.05, 3.63) is 59.2 Å². The van der Waals surface area contributed by atoms with Gasteiger partial charge in [0.15, 0.2) is 0 Å². The Morgan fingerprint density at radius 1 is 1.03 bits per heavy atom. The average molecular weight is 411 g/mol. The van der Waals surface area contributed by atoms with Gasteiger partial charge >= 0.3 is 0 Å². The highest BCUT2D eigenvalue weighted by molar-refractivity contribution is 8.00. The van der Waals surface area contributed by atoms with Gasteiger partial charge in [0.2, 0.25) is 5.91 Å². The first-order valence-electron chi connectivity index (χ1n) is 10.4. The normalized spacial score (nSPS) is 14.4. The van der Waals surface area contributed by atoms with E-state index in [9.17, 15) is 9.59 Å². The zero-order valence-corrected chi connectivity index (χ0v) is 18.1. The standard InChI is InChI=1S/C24H30N2O2S/c1-17-12-13-18(2)21(14-17)26-24(28)20-10-6-7-11-22(20)29-16-23(27)25-15-19-8-4-3-5-9-19/h6-7,10-14,19H,3-5,8-9,15-16H2,1-2H3,(H,25,27)(H,26,28). The first-order valence-corrected chi connectivity index (χ1v) is 11.4. The summed E-state index contributed by atoms with van der Waals surface area (Å²) in [6.45, 7) is 4.76. The molecule has 0 aliphatic heterocycles. The highest BCUT2D eigenvalue weighted by Crippen LogP contribution is 2.25. The fourth-order valence-corrected chi connectivity index (χ4v) is 4.56. The monoisotopic (exact) mass is 410 g/mol. The molecule has 29 heavy (non-hydrogen) atoms. The van der Waals surface area contributed by atoms with E-state index in [0.29, 0.717) is 17.2 Å². The van der Waals surface area contributed by atoms with Crippen LogP contribution in [-0.4, -0.2) is 24.1 Å². The van der Waals surface area contributed by atoms with E-state index in [1.54, 1.807) is 0 Å². The van der Waals surface area contributed by atoms with Crippen LogP contribution in [0.15, 0.2) is 47.4 Å². The Bertz CT molecular complexity index is 860. The van der Waals surface area contributed by atoms with Crippen LogP contribution in [-0.2, 0) is 4.79 Å². The molecular weight excluding hydrogens is 380 g/mol. The van der Waals surface area contributed by atoms with Crippen LogP contribution in [0.3, 0.4) is 0 Å². The number of amides is 2. The van der Waals surface area contributed by atoms with Crippen molar-refractivity contribution >= 4 is 29.3 Å². The fraction of sp³-hybridized carbons (Fsp3) is 0.417. The molecule has 0 bridgehead atoms. The molecule has 2 amide bonds. The quantitative estimate of drug-likeness (QED) is 0.606. The molecule has 0 heterocycles. The van der Waals surface area contributed by atoms with E-state index in [2.05, 4.69) is 10.6 Å². The lowest BCUT2D eigenvalue weighted by atomic mass is 9.89. The van der Waals surface area contributed by atoms with Crippen molar-refractivity contribution in [1.82, 2.24) is 5.32 Å². The number of carbonyl (C=O) groups excluding carboxylic acids is 2. The lowest BCUT2D eigenvalue weighted by Gasteiger charge is -2.21. The van der Waals surface area contributed by atoms with E-state index >= 15 is 0 Å². The highest BCUT2D eigenvalue weighted by atomic mass is 32.2. The van der Waals surface area contributed by atoms with Gasteiger partial charge in [-0.15, -0.1) is 11.8 Å². The molecule has 2 aromatic rings. The van der Waals surface area contributed by atoms with E-state index < -0.39 is 0 Å². The van der Waals surface area contributed by atoms with E-state index in [1.807, 2.05) is 56.3 Å². The summed E-state index contributed by atoms with van der Waals surface area (Å²) in [5.41, 5.74) is 3.54. The summed E-state index contributed by atoms with van der Waals surface area (Å²) in [5.74, 6) is 0.823. The predicted molar refractivity (Wildman–Crippen MR) is 121 cm³/mol. The van der Waals surface area contributed by atoms with Crippen molar-refractivity contribution in [2.75, 3.05) is 17.6 Å². The molecule has 0 atom stereocenters. The predicted octanol–water partition coefficient (Wildman–Crippen LogP) is 5.34. The Kier molecular flexibility index (Phi) is 7.76. The summed E-state index contributed by atoms with van der Waals surface area (Å²) in [7, 11) is 0. The second-order valence-corrected chi connectivity index (χ2v) is 8.88. The van der Waals surface area contributed by atoms with Crippen molar-refractivity contribution in [2.45, 2.75) is 50.8 Å². The van der Waals surface area contributed by atoms with Crippen LogP contribution in [0.1, 0.15) is 53.6 Å². The van der Waals surface area contributed by atoms with Crippen molar-refractivity contribution in [3.8, 4) is 0 Å². The van der Waals surface area contributed by atoms with Crippen molar-refractivity contribution in [3.63, 3.8) is 0 Å². The third-order valence-corrected chi connectivity index (χ3v) is 6.52. The Labute approximate surface area is 177 Å². The van der Waals surface area contributed by atoms with E-state index in [4.69, 9.17) is 0 Å². The molecule has 3 rings (SSSR count). The molecule has 154 valence electrons. The van der Waals surface area contributed by atoms with Gasteiger partial charge in [0, 0.05) is 17.1 Å². The molecule has 0 aromatic heterocycles. The van der Waals surface area contributed by atoms with Crippen LogP contribution in [0.4, 0.5) is 5.69 Å². The van der Waals surface area contributed by atoms with Gasteiger partial charge in [-0.25, -0.2) is 0 Å². The van der Waals surface area contributed by atoms with Crippen LogP contribution in [0.25, 0.3) is 0 Å². The molecule has 2 N–H and O–H groups in total. The number of benzene rings is 2. The fourth-order valence-electron chi connectivity index (χ4n) is 3.68. The highest BCUT2D eigenvalue weighted by Gasteiger charge is 2.16. The lowest BCUT2D eigenvalue weighted by molar-refractivity contribution is -0.118. The van der Waals surface area contributed by atoms with Gasteiger partial charge in [0.25, 0.3) is 5.91 Å². The minimum atomic E-state index is -0.149. The summed E-state index contributed by atoms with van der Waals surface area (Å²) in [6, 6.07) is 13.5. The SMILES string of the molecule is Cc1ccc(C)c(NC(=O)c2ccccc2SCC(=O)NCC2CCCCC2)c1. The van der Waals surface area contributed by atoms with Crippen LogP contribution in [0, 0.1) is 19.8 Å². The molecule has 0 spiro atoms. The molecule has 0 saturated heterocycles. The van der Waals surface area contributed by atoms with Gasteiger partial charge in [-0.3, -0.25) is 9.59 Å². The molecule has 0 unspecified atom stereocenters. The van der Waals surface area contributed by atoms with Crippen LogP contribution < -0.4 is 10.6 Å². The van der Waals surface area contributed by atoms with Crippen molar-refractivity contribution < 1.29 is 9.59 Å². The van der Waals surface area contributed by atoms with Crippen LogP contribution in [0.2, 0.25) is 0 Å². The van der Waals surface area contributed by atoms with Gasteiger partial charge in [0.1, 0.15) is 0 Å². The van der Waals surface area contributed by atoms with Gasteiger partial charge in [-0.1, -0.05) is 43.5 Å². The van der Waals surface area contributed by atoms with Gasteiger partial charge in [-0.05, 0) is 61.9 Å². The first kappa shape index (κ1) is 21.4. The number of thioether (sulfide) groups is 1. The Hall–Kier alpha value is -2.27. The molecule has 4 nitrogen and oxygen atoms in total. The van der Waals surface area contributed by atoms with E-state index in [1.165, 1.54) is 43.9 Å². The molecule has 1 fully saturated rings. The van der Waals surface area contributed by atoms with Crippen molar-refractivity contribution in [2.24, 2.45) is 5.92 Å².